The van der Waals surface area contributed by atoms with E-state index in [-0.39, 0.29) is 29.8 Å². The van der Waals surface area contributed by atoms with Crippen LogP contribution in [0.4, 0.5) is 0 Å². The molecule has 5 rings (SSSR count). The zero-order chi connectivity index (χ0) is 24.4. The number of amides is 3. The maximum absolute atomic E-state index is 13.3. The van der Waals surface area contributed by atoms with Gasteiger partial charge < -0.3 is 16.0 Å². The number of thiophene rings is 2. The molecule has 0 saturated heterocycles. The Hall–Kier alpha value is -3.49. The Labute approximate surface area is 211 Å². The molecule has 0 radical (unpaired) electrons. The Morgan fingerprint density at radius 1 is 0.857 bits per heavy atom. The number of nitrogens with one attached hydrogen (secondary N) is 3. The highest BCUT2D eigenvalue weighted by atomic mass is 32.1. The van der Waals surface area contributed by atoms with Crippen molar-refractivity contribution in [2.24, 2.45) is 0 Å². The molecular formula is C27H25N3O3S2. The fourth-order valence-electron chi connectivity index (χ4n) is 4.60. The van der Waals surface area contributed by atoms with E-state index in [0.717, 1.165) is 26.1 Å². The molecular weight excluding hydrogens is 478 g/mol. The van der Waals surface area contributed by atoms with Crippen LogP contribution in [0.1, 0.15) is 64.3 Å². The normalized spacial score (nSPS) is 17.9. The minimum Gasteiger partial charge on any atom is -0.347 e. The fourth-order valence-corrected chi connectivity index (χ4v) is 6.61. The van der Waals surface area contributed by atoms with Crippen molar-refractivity contribution in [2.75, 3.05) is 0 Å². The quantitative estimate of drug-likeness (QED) is 0.335. The maximum atomic E-state index is 13.3. The molecule has 2 heterocycles. The van der Waals surface area contributed by atoms with Gasteiger partial charge >= 0.3 is 0 Å². The third kappa shape index (κ3) is 4.99. The fraction of sp³-hybridized carbons (Fsp3) is 0.222. The summed E-state index contributed by atoms with van der Waals surface area (Å²) in [6.07, 6.45) is 1.37. The number of carbonyl (C=O) groups excluding carboxylic acids is 3. The molecule has 1 aliphatic carbocycles. The lowest BCUT2D eigenvalue weighted by Crippen LogP contribution is -2.42. The molecule has 35 heavy (non-hydrogen) atoms. The van der Waals surface area contributed by atoms with Crippen LogP contribution in [-0.4, -0.2) is 17.7 Å². The van der Waals surface area contributed by atoms with Crippen molar-refractivity contribution in [3.05, 3.63) is 93.7 Å². The first-order valence-corrected chi connectivity index (χ1v) is 13.2. The molecule has 2 aromatic heterocycles. The molecule has 3 unspecified atom stereocenters. The van der Waals surface area contributed by atoms with Crippen LogP contribution in [0.2, 0.25) is 0 Å². The van der Waals surface area contributed by atoms with Gasteiger partial charge in [0, 0.05) is 16.3 Å². The number of hydrogen-bond donors (Lipinski definition) is 3. The molecule has 8 heteroatoms. The SMILES string of the molecule is CC(=O)NC(C(=O)NC1CCC(NC(=O)c2cc3sccc3s2)c2ccccc21)c1ccccc1. The highest BCUT2D eigenvalue weighted by Crippen LogP contribution is 2.37. The molecule has 3 amide bonds. The van der Waals surface area contributed by atoms with Crippen molar-refractivity contribution in [1.82, 2.24) is 16.0 Å². The van der Waals surface area contributed by atoms with Gasteiger partial charge in [0.2, 0.25) is 11.8 Å². The minimum atomic E-state index is -0.772. The Kier molecular flexibility index (Phi) is 6.66. The van der Waals surface area contributed by atoms with Crippen LogP contribution in [0.5, 0.6) is 0 Å². The largest absolute Gasteiger partial charge is 0.347 e. The second-order valence-electron chi connectivity index (χ2n) is 8.60. The van der Waals surface area contributed by atoms with E-state index in [1.165, 1.54) is 18.3 Å². The van der Waals surface area contributed by atoms with Crippen molar-refractivity contribution >= 4 is 49.8 Å². The maximum Gasteiger partial charge on any atom is 0.261 e. The van der Waals surface area contributed by atoms with E-state index in [1.807, 2.05) is 72.1 Å². The Morgan fingerprint density at radius 2 is 1.51 bits per heavy atom. The van der Waals surface area contributed by atoms with Crippen LogP contribution < -0.4 is 16.0 Å². The van der Waals surface area contributed by atoms with Gasteiger partial charge in [0.05, 0.1) is 17.0 Å². The molecule has 0 spiro atoms. The van der Waals surface area contributed by atoms with Gasteiger partial charge in [-0.1, -0.05) is 54.6 Å². The molecule has 4 aromatic rings. The molecule has 0 fully saturated rings. The third-order valence-electron chi connectivity index (χ3n) is 6.22. The number of fused-ring (bicyclic) bond motifs is 2. The Bertz CT molecular complexity index is 1350. The van der Waals surface area contributed by atoms with Gasteiger partial charge in [0.25, 0.3) is 5.91 Å². The summed E-state index contributed by atoms with van der Waals surface area (Å²) in [6.45, 7) is 1.41. The van der Waals surface area contributed by atoms with Gasteiger partial charge in [-0.2, -0.15) is 0 Å². The first-order chi connectivity index (χ1) is 17.0. The Balaban J connectivity index is 1.33. The summed E-state index contributed by atoms with van der Waals surface area (Å²) < 4.78 is 2.25. The molecule has 3 N–H and O–H groups in total. The number of hydrogen-bond acceptors (Lipinski definition) is 5. The number of carbonyl (C=O) groups is 3. The van der Waals surface area contributed by atoms with E-state index < -0.39 is 6.04 Å². The molecule has 178 valence electrons. The van der Waals surface area contributed by atoms with E-state index in [9.17, 15) is 14.4 Å². The molecule has 3 atom stereocenters. The molecule has 0 saturated carbocycles. The summed E-state index contributed by atoms with van der Waals surface area (Å²) in [6, 6.07) is 20.0. The highest BCUT2D eigenvalue weighted by Gasteiger charge is 2.31. The summed E-state index contributed by atoms with van der Waals surface area (Å²) >= 11 is 3.14. The summed E-state index contributed by atoms with van der Waals surface area (Å²) in [5.74, 6) is -0.600. The molecule has 1 aliphatic rings. The van der Waals surface area contributed by atoms with Crippen LogP contribution in [0, 0.1) is 0 Å². The summed E-state index contributed by atoms with van der Waals surface area (Å²) in [5.41, 5.74) is 2.72. The van der Waals surface area contributed by atoms with Gasteiger partial charge in [-0.05, 0) is 47.0 Å². The van der Waals surface area contributed by atoms with Crippen LogP contribution in [0.3, 0.4) is 0 Å². The zero-order valence-corrected chi connectivity index (χ0v) is 20.7. The van der Waals surface area contributed by atoms with Crippen LogP contribution >= 0.6 is 22.7 Å². The second-order valence-corrected chi connectivity index (χ2v) is 10.6. The average molecular weight is 504 g/mol. The number of rotatable bonds is 6. The smallest absolute Gasteiger partial charge is 0.261 e. The summed E-state index contributed by atoms with van der Waals surface area (Å²) in [4.78, 5) is 38.8. The van der Waals surface area contributed by atoms with Gasteiger partial charge in [-0.3, -0.25) is 14.4 Å². The van der Waals surface area contributed by atoms with Crippen molar-refractivity contribution < 1.29 is 14.4 Å². The van der Waals surface area contributed by atoms with Crippen LogP contribution in [0.25, 0.3) is 9.40 Å². The third-order valence-corrected chi connectivity index (χ3v) is 8.31. The molecule has 0 bridgehead atoms. The monoisotopic (exact) mass is 503 g/mol. The van der Waals surface area contributed by atoms with E-state index in [0.29, 0.717) is 17.7 Å². The van der Waals surface area contributed by atoms with Crippen LogP contribution in [0.15, 0.2) is 72.1 Å². The van der Waals surface area contributed by atoms with Gasteiger partial charge in [0.15, 0.2) is 0 Å². The number of benzene rings is 2. The Morgan fingerprint density at radius 3 is 2.17 bits per heavy atom. The first kappa shape index (κ1) is 23.3. The average Bonchev–Trinajstić information content (AvgIpc) is 3.47. The topological polar surface area (TPSA) is 87.3 Å². The molecule has 0 aliphatic heterocycles. The molecule has 2 aromatic carbocycles. The standard InChI is InChI=1S/C27H25N3O3S2/c1-16(31)28-25(17-7-3-2-4-8-17)27(33)30-21-12-11-20(18-9-5-6-10-19(18)21)29-26(32)24-15-23-22(35-24)13-14-34-23/h2-10,13-15,20-21,25H,11-12H2,1H3,(H,28,31)(H,29,32)(H,30,33). The van der Waals surface area contributed by atoms with E-state index in [4.69, 9.17) is 0 Å². The van der Waals surface area contributed by atoms with Gasteiger partial charge in [0.1, 0.15) is 6.04 Å². The predicted octanol–water partition coefficient (Wildman–Crippen LogP) is 5.26. The van der Waals surface area contributed by atoms with Crippen molar-refractivity contribution in [3.63, 3.8) is 0 Å². The van der Waals surface area contributed by atoms with E-state index in [1.54, 1.807) is 11.3 Å². The molecule has 6 nitrogen and oxygen atoms in total. The first-order valence-electron chi connectivity index (χ1n) is 11.5. The summed E-state index contributed by atoms with van der Waals surface area (Å²) in [7, 11) is 0. The lowest BCUT2D eigenvalue weighted by atomic mass is 9.84. The highest BCUT2D eigenvalue weighted by molar-refractivity contribution is 7.27. The van der Waals surface area contributed by atoms with Crippen molar-refractivity contribution in [1.29, 1.82) is 0 Å². The zero-order valence-electron chi connectivity index (χ0n) is 19.1. The second kappa shape index (κ2) is 10.0. The predicted molar refractivity (Wildman–Crippen MR) is 139 cm³/mol. The van der Waals surface area contributed by atoms with Gasteiger partial charge in [-0.25, -0.2) is 0 Å². The lowest BCUT2D eigenvalue weighted by molar-refractivity contribution is -0.128. The lowest BCUT2D eigenvalue weighted by Gasteiger charge is -2.33. The van der Waals surface area contributed by atoms with Crippen LogP contribution in [-0.2, 0) is 9.59 Å². The van der Waals surface area contributed by atoms with Crippen molar-refractivity contribution in [2.45, 2.75) is 37.9 Å². The van der Waals surface area contributed by atoms with Crippen molar-refractivity contribution in [3.8, 4) is 0 Å². The summed E-state index contributed by atoms with van der Waals surface area (Å²) in [5, 5.41) is 11.1. The minimum absolute atomic E-state index is 0.0736. The van der Waals surface area contributed by atoms with Gasteiger partial charge in [-0.15, -0.1) is 22.7 Å². The van der Waals surface area contributed by atoms with E-state index in [2.05, 4.69) is 16.0 Å². The van der Waals surface area contributed by atoms with E-state index >= 15 is 0 Å².